The number of hydrogen-bond acceptors (Lipinski definition) is 2. The van der Waals surface area contributed by atoms with Gasteiger partial charge in [-0.1, -0.05) is 13.8 Å². The van der Waals surface area contributed by atoms with Gasteiger partial charge in [0.05, 0.1) is 0 Å². The van der Waals surface area contributed by atoms with Crippen molar-refractivity contribution < 1.29 is 4.79 Å². The molecule has 4 heteroatoms. The van der Waals surface area contributed by atoms with Crippen molar-refractivity contribution in [2.75, 3.05) is 13.6 Å². The van der Waals surface area contributed by atoms with Crippen LogP contribution in [0.5, 0.6) is 0 Å². The molecule has 1 atom stereocenters. The van der Waals surface area contributed by atoms with Gasteiger partial charge in [-0.25, -0.2) is 0 Å². The molecule has 2 N–H and O–H groups in total. The standard InChI is InChI=1S/C15H25N3O/c1-11(2)7-17-15(19)10-18-8-12-5-4-6-14(16-3)13(12)9-18/h8-9,11,14,16H,4-7,10H2,1-3H3,(H,17,19). The van der Waals surface area contributed by atoms with Crippen molar-refractivity contribution >= 4 is 5.91 Å². The number of aromatic nitrogens is 1. The van der Waals surface area contributed by atoms with Crippen LogP contribution in [0.1, 0.15) is 43.9 Å². The SMILES string of the molecule is CNC1CCCc2cn(CC(=O)NCC(C)C)cc21. The quantitative estimate of drug-likeness (QED) is 0.851. The molecule has 0 fully saturated rings. The second kappa shape index (κ2) is 6.24. The highest BCUT2D eigenvalue weighted by Crippen LogP contribution is 2.29. The molecule has 1 amide bonds. The minimum Gasteiger partial charge on any atom is -0.354 e. The number of hydrogen-bond donors (Lipinski definition) is 2. The van der Waals surface area contributed by atoms with Crippen molar-refractivity contribution in [2.24, 2.45) is 5.92 Å². The molecule has 0 radical (unpaired) electrons. The predicted molar refractivity (Wildman–Crippen MR) is 77.0 cm³/mol. The molecule has 2 rings (SSSR count). The average molecular weight is 263 g/mol. The fourth-order valence-corrected chi connectivity index (χ4v) is 2.68. The van der Waals surface area contributed by atoms with E-state index in [1.54, 1.807) is 0 Å². The Labute approximate surface area is 115 Å². The zero-order valence-corrected chi connectivity index (χ0v) is 12.2. The molecule has 0 saturated heterocycles. The molecule has 0 aliphatic heterocycles. The molecule has 1 heterocycles. The van der Waals surface area contributed by atoms with Gasteiger partial charge in [0.1, 0.15) is 6.54 Å². The lowest BCUT2D eigenvalue weighted by molar-refractivity contribution is -0.121. The molecule has 1 aliphatic rings. The van der Waals surface area contributed by atoms with E-state index in [1.165, 1.54) is 24.0 Å². The zero-order chi connectivity index (χ0) is 13.8. The maximum Gasteiger partial charge on any atom is 0.239 e. The molecule has 4 nitrogen and oxygen atoms in total. The molecule has 1 aromatic rings. The lowest BCUT2D eigenvalue weighted by Gasteiger charge is -2.21. The summed E-state index contributed by atoms with van der Waals surface area (Å²) in [4.78, 5) is 11.8. The van der Waals surface area contributed by atoms with E-state index in [0.717, 1.165) is 13.0 Å². The van der Waals surface area contributed by atoms with Crippen molar-refractivity contribution in [3.05, 3.63) is 23.5 Å². The normalized spacial score (nSPS) is 18.4. The van der Waals surface area contributed by atoms with Gasteiger partial charge in [0.15, 0.2) is 0 Å². The van der Waals surface area contributed by atoms with Crippen molar-refractivity contribution in [1.29, 1.82) is 0 Å². The molecular formula is C15H25N3O. The van der Waals surface area contributed by atoms with Crippen LogP contribution in [0.3, 0.4) is 0 Å². The minimum absolute atomic E-state index is 0.0991. The van der Waals surface area contributed by atoms with E-state index in [4.69, 9.17) is 0 Å². The lowest BCUT2D eigenvalue weighted by Crippen LogP contribution is -2.30. The molecule has 0 spiro atoms. The number of nitrogens with zero attached hydrogens (tertiary/aromatic N) is 1. The number of fused-ring (bicyclic) bond motifs is 1. The van der Waals surface area contributed by atoms with Crippen LogP contribution >= 0.6 is 0 Å². The van der Waals surface area contributed by atoms with Gasteiger partial charge in [-0.05, 0) is 43.4 Å². The Kier molecular flexibility index (Phi) is 4.64. The minimum atomic E-state index is 0.0991. The Morgan fingerprint density at radius 1 is 1.47 bits per heavy atom. The van der Waals surface area contributed by atoms with Crippen LogP contribution in [-0.4, -0.2) is 24.1 Å². The van der Waals surface area contributed by atoms with Gasteiger partial charge < -0.3 is 15.2 Å². The van der Waals surface area contributed by atoms with Crippen LogP contribution in [0, 0.1) is 5.92 Å². The van der Waals surface area contributed by atoms with Gasteiger partial charge in [-0.15, -0.1) is 0 Å². The van der Waals surface area contributed by atoms with Gasteiger partial charge in [0, 0.05) is 25.0 Å². The van der Waals surface area contributed by atoms with Crippen LogP contribution in [0.4, 0.5) is 0 Å². The van der Waals surface area contributed by atoms with Crippen LogP contribution in [0.2, 0.25) is 0 Å². The highest BCUT2D eigenvalue weighted by molar-refractivity contribution is 5.75. The van der Waals surface area contributed by atoms with E-state index in [1.807, 2.05) is 11.6 Å². The Balaban J connectivity index is 1.98. The summed E-state index contributed by atoms with van der Waals surface area (Å²) in [7, 11) is 2.01. The lowest BCUT2D eigenvalue weighted by atomic mass is 9.91. The van der Waals surface area contributed by atoms with E-state index in [2.05, 4.69) is 36.9 Å². The molecule has 1 aliphatic carbocycles. The molecule has 106 valence electrons. The molecule has 0 bridgehead atoms. The second-order valence-corrected chi connectivity index (χ2v) is 5.84. The van der Waals surface area contributed by atoms with Crippen LogP contribution in [-0.2, 0) is 17.8 Å². The van der Waals surface area contributed by atoms with E-state index in [-0.39, 0.29) is 5.91 Å². The predicted octanol–water partition coefficient (Wildman–Crippen LogP) is 1.86. The fraction of sp³-hybridized carbons (Fsp3) is 0.667. The van der Waals surface area contributed by atoms with Gasteiger partial charge >= 0.3 is 0 Å². The van der Waals surface area contributed by atoms with Gasteiger partial charge in [0.2, 0.25) is 5.91 Å². The van der Waals surface area contributed by atoms with E-state index in [0.29, 0.717) is 18.5 Å². The second-order valence-electron chi connectivity index (χ2n) is 5.84. The number of amides is 1. The topological polar surface area (TPSA) is 46.1 Å². The highest BCUT2D eigenvalue weighted by atomic mass is 16.1. The smallest absolute Gasteiger partial charge is 0.239 e. The molecule has 19 heavy (non-hydrogen) atoms. The molecule has 1 aromatic heterocycles. The van der Waals surface area contributed by atoms with Crippen LogP contribution in [0.15, 0.2) is 12.4 Å². The van der Waals surface area contributed by atoms with Gasteiger partial charge in [0.25, 0.3) is 0 Å². The first kappa shape index (κ1) is 14.1. The number of aryl methyl sites for hydroxylation is 1. The van der Waals surface area contributed by atoms with E-state index >= 15 is 0 Å². The third kappa shape index (κ3) is 3.60. The van der Waals surface area contributed by atoms with E-state index < -0.39 is 0 Å². The Bertz CT molecular complexity index is 437. The monoisotopic (exact) mass is 263 g/mol. The van der Waals surface area contributed by atoms with Gasteiger partial charge in [-0.2, -0.15) is 0 Å². The van der Waals surface area contributed by atoms with E-state index in [9.17, 15) is 4.79 Å². The largest absolute Gasteiger partial charge is 0.354 e. The summed E-state index contributed by atoms with van der Waals surface area (Å²) in [6.07, 6.45) is 7.81. The number of carbonyl (C=O) groups excluding carboxylic acids is 1. The highest BCUT2D eigenvalue weighted by Gasteiger charge is 2.20. The molecule has 0 saturated carbocycles. The summed E-state index contributed by atoms with van der Waals surface area (Å²) >= 11 is 0. The Hall–Kier alpha value is -1.29. The van der Waals surface area contributed by atoms with Crippen LogP contribution in [0.25, 0.3) is 0 Å². The number of carbonyl (C=O) groups is 1. The van der Waals surface area contributed by atoms with Gasteiger partial charge in [-0.3, -0.25) is 4.79 Å². The fourth-order valence-electron chi connectivity index (χ4n) is 2.68. The van der Waals surface area contributed by atoms with Crippen LogP contribution < -0.4 is 10.6 Å². The number of rotatable bonds is 5. The third-order valence-corrected chi connectivity index (χ3v) is 3.69. The molecule has 0 aromatic carbocycles. The summed E-state index contributed by atoms with van der Waals surface area (Å²) < 4.78 is 2.02. The number of nitrogens with one attached hydrogen (secondary N) is 2. The molecular weight excluding hydrogens is 238 g/mol. The summed E-state index contributed by atoms with van der Waals surface area (Å²) in [5.74, 6) is 0.595. The average Bonchev–Trinajstić information content (AvgIpc) is 2.78. The van der Waals surface area contributed by atoms with Crippen molar-refractivity contribution in [3.63, 3.8) is 0 Å². The summed E-state index contributed by atoms with van der Waals surface area (Å²) in [6.45, 7) is 5.38. The maximum atomic E-state index is 11.8. The van der Waals surface area contributed by atoms with Crippen molar-refractivity contribution in [1.82, 2.24) is 15.2 Å². The first-order chi connectivity index (χ1) is 9.10. The van der Waals surface area contributed by atoms with Crippen molar-refractivity contribution in [3.8, 4) is 0 Å². The van der Waals surface area contributed by atoms with Crippen molar-refractivity contribution in [2.45, 2.75) is 45.7 Å². The maximum absolute atomic E-state index is 11.8. The Morgan fingerprint density at radius 3 is 2.95 bits per heavy atom. The molecule has 1 unspecified atom stereocenters. The zero-order valence-electron chi connectivity index (χ0n) is 12.2. The summed E-state index contributed by atoms with van der Waals surface area (Å²) in [6, 6.07) is 0.448. The third-order valence-electron chi connectivity index (χ3n) is 3.69. The summed E-state index contributed by atoms with van der Waals surface area (Å²) in [5.41, 5.74) is 2.76. The summed E-state index contributed by atoms with van der Waals surface area (Å²) in [5, 5.41) is 6.31. The first-order valence-corrected chi connectivity index (χ1v) is 7.22. The first-order valence-electron chi connectivity index (χ1n) is 7.22. The Morgan fingerprint density at radius 2 is 2.26 bits per heavy atom.